The van der Waals surface area contributed by atoms with E-state index in [1.54, 1.807) is 20.8 Å². The van der Waals surface area contributed by atoms with Crippen LogP contribution in [0.25, 0.3) is 0 Å². The molecule has 5 N–H and O–H groups in total. The number of carbonyl (C=O) groups is 4. The van der Waals surface area contributed by atoms with Crippen molar-refractivity contribution in [2.24, 2.45) is 10.3 Å². The summed E-state index contributed by atoms with van der Waals surface area (Å²) in [6, 6.07) is -1.00. The number of hydrazone groups is 1. The van der Waals surface area contributed by atoms with Gasteiger partial charge < -0.3 is 25.7 Å². The lowest BCUT2D eigenvalue weighted by Gasteiger charge is -2.49. The SMILES string of the molecule is CO/N=C(\C(=O)NC1C(=O)N2C(C(=O)O)=C(C=NNOCC(=O)OC(C)(C)C)CS[C@H]12)c1csc(N)n1. The summed E-state index contributed by atoms with van der Waals surface area (Å²) < 4.78 is 5.08. The van der Waals surface area contributed by atoms with E-state index in [1.165, 1.54) is 30.5 Å². The van der Waals surface area contributed by atoms with E-state index in [1.807, 2.05) is 0 Å². The van der Waals surface area contributed by atoms with Crippen LogP contribution in [-0.4, -0.2) is 87.2 Å². The number of carboxylic acids is 1. The monoisotopic (exact) mass is 555 g/mol. The number of thiazole rings is 1. The largest absolute Gasteiger partial charge is 0.477 e. The van der Waals surface area contributed by atoms with Crippen molar-refractivity contribution in [3.8, 4) is 0 Å². The van der Waals surface area contributed by atoms with Gasteiger partial charge in [-0.15, -0.1) is 23.1 Å². The first-order valence-electron chi connectivity index (χ1n) is 10.6. The molecule has 0 aromatic carbocycles. The van der Waals surface area contributed by atoms with Crippen LogP contribution in [0.2, 0.25) is 0 Å². The van der Waals surface area contributed by atoms with Crippen LogP contribution in [-0.2, 0) is 33.6 Å². The molecule has 200 valence electrons. The third kappa shape index (κ3) is 6.75. The smallest absolute Gasteiger partial charge is 0.353 e. The zero-order valence-corrected chi connectivity index (χ0v) is 21.8. The predicted molar refractivity (Wildman–Crippen MR) is 133 cm³/mol. The zero-order chi connectivity index (χ0) is 27.3. The number of esters is 1. The number of rotatable bonds is 10. The predicted octanol–water partition coefficient (Wildman–Crippen LogP) is -0.337. The van der Waals surface area contributed by atoms with E-state index in [4.69, 9.17) is 20.1 Å². The molecule has 15 nitrogen and oxygen atoms in total. The van der Waals surface area contributed by atoms with Crippen LogP contribution in [0.4, 0.5) is 5.13 Å². The number of oxime groups is 1. The topological polar surface area (TPSA) is 207 Å². The van der Waals surface area contributed by atoms with Crippen molar-refractivity contribution in [2.75, 3.05) is 25.2 Å². The molecule has 1 fully saturated rings. The second-order valence-corrected chi connectivity index (χ2v) is 10.5. The first-order valence-corrected chi connectivity index (χ1v) is 12.5. The van der Waals surface area contributed by atoms with Crippen molar-refractivity contribution in [2.45, 2.75) is 37.8 Å². The standard InChI is InChI=1S/C20H25N7O8S2/c1-20(2,3)35-11(28)6-34-26-22-5-9-7-36-17-13(16(30)27(17)14(9)18(31)32)24-15(29)12(25-33-4)10-8-37-19(21)23-10/h5,8,13,17,26H,6-7H2,1-4H3,(H2,21,23)(H,24,29)(H,31,32)/b22-5?,25-12-/t13?,17-/m1/s1. The minimum Gasteiger partial charge on any atom is -0.477 e. The molecular weight excluding hydrogens is 530 g/mol. The van der Waals surface area contributed by atoms with Crippen molar-refractivity contribution in [3.05, 3.63) is 22.3 Å². The number of fused-ring (bicyclic) bond motifs is 1. The Hall–Kier alpha value is -3.70. The lowest BCUT2D eigenvalue weighted by molar-refractivity contribution is -0.163. The zero-order valence-electron chi connectivity index (χ0n) is 20.2. The van der Waals surface area contributed by atoms with Crippen LogP contribution in [0.5, 0.6) is 0 Å². The van der Waals surface area contributed by atoms with Crippen LogP contribution in [0, 0.1) is 0 Å². The fourth-order valence-electron chi connectivity index (χ4n) is 3.25. The summed E-state index contributed by atoms with van der Waals surface area (Å²) in [6.07, 6.45) is 1.18. The van der Waals surface area contributed by atoms with Crippen molar-refractivity contribution in [1.82, 2.24) is 20.8 Å². The molecule has 3 rings (SSSR count). The number of aromatic nitrogens is 1. The molecule has 2 atom stereocenters. The molecular formula is C20H25N7O8S2. The third-order valence-electron chi connectivity index (χ3n) is 4.60. The van der Waals surface area contributed by atoms with E-state index >= 15 is 0 Å². The van der Waals surface area contributed by atoms with E-state index in [9.17, 15) is 24.3 Å². The van der Waals surface area contributed by atoms with Crippen molar-refractivity contribution in [3.63, 3.8) is 0 Å². The minimum absolute atomic E-state index is 0.168. The molecule has 17 heteroatoms. The highest BCUT2D eigenvalue weighted by molar-refractivity contribution is 8.00. The number of nitrogens with zero attached hydrogens (tertiary/aromatic N) is 4. The van der Waals surface area contributed by atoms with Gasteiger partial charge in [0.05, 0.1) is 6.21 Å². The summed E-state index contributed by atoms with van der Waals surface area (Å²) in [4.78, 5) is 63.9. The summed E-state index contributed by atoms with van der Waals surface area (Å²) >= 11 is 2.33. The van der Waals surface area contributed by atoms with Gasteiger partial charge in [-0.2, -0.15) is 10.7 Å². The number of nitrogens with one attached hydrogen (secondary N) is 2. The molecule has 0 radical (unpaired) electrons. The Labute approximate surface area is 219 Å². The number of amides is 2. The molecule has 2 aliphatic rings. The summed E-state index contributed by atoms with van der Waals surface area (Å²) in [5.74, 6) is -3.16. The van der Waals surface area contributed by atoms with Gasteiger partial charge in [0.2, 0.25) is 0 Å². The molecule has 1 aromatic rings. The molecule has 1 unspecified atom stereocenters. The number of carbonyl (C=O) groups excluding carboxylic acids is 3. The number of carboxylic acid groups (broad SMARTS) is 1. The van der Waals surface area contributed by atoms with Crippen LogP contribution < -0.4 is 16.6 Å². The lowest BCUT2D eigenvalue weighted by atomic mass is 10.0. The Morgan fingerprint density at radius 1 is 1.38 bits per heavy atom. The first kappa shape index (κ1) is 27.9. The number of ether oxygens (including phenoxy) is 1. The lowest BCUT2D eigenvalue weighted by Crippen LogP contribution is -2.71. The highest BCUT2D eigenvalue weighted by Crippen LogP contribution is 2.39. The number of β-lactam (4-membered cyclic amide) rings is 1. The molecule has 0 saturated carbocycles. The Kier molecular flexibility index (Phi) is 8.72. The van der Waals surface area contributed by atoms with Gasteiger partial charge in [-0.25, -0.2) is 19.4 Å². The Morgan fingerprint density at radius 2 is 2.11 bits per heavy atom. The normalized spacial score (nSPS) is 19.8. The maximum Gasteiger partial charge on any atom is 0.353 e. The van der Waals surface area contributed by atoms with E-state index < -0.39 is 47.4 Å². The third-order valence-corrected chi connectivity index (χ3v) is 6.57. The maximum atomic E-state index is 12.8. The van der Waals surface area contributed by atoms with Gasteiger partial charge in [-0.3, -0.25) is 14.5 Å². The fourth-order valence-corrected chi connectivity index (χ4v) is 5.09. The second-order valence-electron chi connectivity index (χ2n) is 8.46. The minimum atomic E-state index is -1.35. The number of aliphatic carboxylic acids is 1. The molecule has 2 amide bonds. The number of thioether (sulfide) groups is 1. The van der Waals surface area contributed by atoms with Gasteiger partial charge in [0.25, 0.3) is 11.8 Å². The van der Waals surface area contributed by atoms with Crippen molar-refractivity contribution < 1.29 is 38.7 Å². The average molecular weight is 556 g/mol. The van der Waals surface area contributed by atoms with Gasteiger partial charge in [0.15, 0.2) is 17.5 Å². The van der Waals surface area contributed by atoms with E-state index in [-0.39, 0.29) is 33.6 Å². The van der Waals surface area contributed by atoms with E-state index in [2.05, 4.69) is 26.1 Å². The van der Waals surface area contributed by atoms with Gasteiger partial charge in [0.1, 0.15) is 35.5 Å². The van der Waals surface area contributed by atoms with E-state index in [0.717, 1.165) is 16.2 Å². The maximum absolute atomic E-state index is 12.8. The quantitative estimate of drug-likeness (QED) is 0.0962. The number of anilines is 1. The highest BCUT2D eigenvalue weighted by Gasteiger charge is 2.54. The molecule has 0 bridgehead atoms. The van der Waals surface area contributed by atoms with Gasteiger partial charge in [0, 0.05) is 16.7 Å². The summed E-state index contributed by atoms with van der Waals surface area (Å²) in [5, 5.41) is 20.8. The van der Waals surface area contributed by atoms with Gasteiger partial charge in [-0.1, -0.05) is 5.16 Å². The highest BCUT2D eigenvalue weighted by atomic mass is 32.2. The first-order chi connectivity index (χ1) is 17.4. The molecule has 0 aliphatic carbocycles. The van der Waals surface area contributed by atoms with Crippen molar-refractivity contribution in [1.29, 1.82) is 0 Å². The second kappa shape index (κ2) is 11.6. The molecule has 1 saturated heterocycles. The average Bonchev–Trinajstić information content (AvgIpc) is 3.24. The fraction of sp³-hybridized carbons (Fsp3) is 0.450. The molecule has 3 heterocycles. The van der Waals surface area contributed by atoms with Crippen molar-refractivity contribution >= 4 is 63.9 Å². The summed E-state index contributed by atoms with van der Waals surface area (Å²) in [6.45, 7) is 4.70. The Balaban J connectivity index is 1.64. The Bertz CT molecular complexity index is 1170. The number of nitrogens with two attached hydrogens (primary N) is 1. The molecule has 0 spiro atoms. The van der Waals surface area contributed by atoms with E-state index in [0.29, 0.717) is 0 Å². The summed E-state index contributed by atoms with van der Waals surface area (Å²) in [5.41, 5.74) is 7.05. The molecule has 1 aromatic heterocycles. The van der Waals surface area contributed by atoms with Crippen LogP contribution in [0.15, 0.2) is 26.9 Å². The number of nitrogen functional groups attached to an aromatic ring is 1. The summed E-state index contributed by atoms with van der Waals surface area (Å²) in [7, 11) is 1.25. The van der Waals surface area contributed by atoms with Crippen LogP contribution in [0.1, 0.15) is 26.5 Å². The molecule has 2 aliphatic heterocycles. The van der Waals surface area contributed by atoms with Gasteiger partial charge in [-0.05, 0) is 20.8 Å². The molecule has 37 heavy (non-hydrogen) atoms. The number of hydrogen-bond donors (Lipinski definition) is 4. The van der Waals surface area contributed by atoms with Gasteiger partial charge >= 0.3 is 11.9 Å². The number of hydrogen-bond acceptors (Lipinski definition) is 14. The van der Waals surface area contributed by atoms with Crippen LogP contribution in [0.3, 0.4) is 0 Å². The Morgan fingerprint density at radius 3 is 2.70 bits per heavy atom. The van der Waals surface area contributed by atoms with Crippen LogP contribution >= 0.6 is 23.1 Å².